The van der Waals surface area contributed by atoms with Crippen LogP contribution in [0.25, 0.3) is 10.9 Å². The van der Waals surface area contributed by atoms with E-state index in [1.807, 2.05) is 4.90 Å². The van der Waals surface area contributed by atoms with Gasteiger partial charge in [0.05, 0.1) is 13.2 Å². The predicted molar refractivity (Wildman–Crippen MR) is 82.3 cm³/mol. The van der Waals surface area contributed by atoms with Gasteiger partial charge in [0.2, 0.25) is 0 Å². The third kappa shape index (κ3) is 3.36. The van der Waals surface area contributed by atoms with E-state index in [1.165, 1.54) is 10.9 Å². The standard InChI is InChI=1S/C16H21N3O2/c20-16(19-10-12-21-13-11-19)17-7-3-8-18-9-6-14-4-1-2-5-15(14)18/h1-2,4-6,9H,3,7-8,10-13H2,(H,17,20). The van der Waals surface area contributed by atoms with Crippen LogP contribution in [0.1, 0.15) is 6.42 Å². The normalized spacial score (nSPS) is 15.3. The number of carbonyl (C=O) groups excluding carboxylic acids is 1. The first-order valence-electron chi connectivity index (χ1n) is 7.49. The van der Waals surface area contributed by atoms with Gasteiger partial charge in [-0.1, -0.05) is 18.2 Å². The SMILES string of the molecule is O=C(NCCCn1ccc2ccccc21)N1CCOCC1. The monoisotopic (exact) mass is 287 g/mol. The predicted octanol–water partition coefficient (Wildman–Crippen LogP) is 2.07. The van der Waals surface area contributed by atoms with Gasteiger partial charge in [-0.2, -0.15) is 0 Å². The number of hydrogen-bond acceptors (Lipinski definition) is 2. The van der Waals surface area contributed by atoms with Crippen LogP contribution in [0.5, 0.6) is 0 Å². The van der Waals surface area contributed by atoms with Crippen molar-refractivity contribution < 1.29 is 9.53 Å². The fourth-order valence-corrected chi connectivity index (χ4v) is 2.66. The van der Waals surface area contributed by atoms with Crippen molar-refractivity contribution in [1.82, 2.24) is 14.8 Å². The summed E-state index contributed by atoms with van der Waals surface area (Å²) in [7, 11) is 0. The van der Waals surface area contributed by atoms with Gasteiger partial charge in [-0.25, -0.2) is 4.79 Å². The molecular formula is C16H21N3O2. The smallest absolute Gasteiger partial charge is 0.317 e. The quantitative estimate of drug-likeness (QED) is 0.875. The molecule has 0 atom stereocenters. The van der Waals surface area contributed by atoms with Gasteiger partial charge in [0.15, 0.2) is 0 Å². The minimum absolute atomic E-state index is 0.0238. The molecule has 1 N–H and O–H groups in total. The number of rotatable bonds is 4. The molecule has 1 fully saturated rings. The van der Waals surface area contributed by atoms with E-state index in [4.69, 9.17) is 4.74 Å². The highest BCUT2D eigenvalue weighted by Crippen LogP contribution is 2.15. The maximum absolute atomic E-state index is 11.9. The summed E-state index contributed by atoms with van der Waals surface area (Å²) >= 11 is 0. The van der Waals surface area contributed by atoms with Crippen molar-refractivity contribution in [2.45, 2.75) is 13.0 Å². The molecule has 0 aliphatic carbocycles. The number of aryl methyl sites for hydroxylation is 1. The molecule has 5 heteroatoms. The lowest BCUT2D eigenvalue weighted by Crippen LogP contribution is -2.46. The van der Waals surface area contributed by atoms with Crippen LogP contribution >= 0.6 is 0 Å². The number of nitrogens with zero attached hydrogens (tertiary/aromatic N) is 2. The van der Waals surface area contributed by atoms with Crippen molar-refractivity contribution in [2.24, 2.45) is 0 Å². The number of nitrogens with one attached hydrogen (secondary N) is 1. The summed E-state index contributed by atoms with van der Waals surface area (Å²) in [5, 5.41) is 4.24. The van der Waals surface area contributed by atoms with Crippen LogP contribution in [0, 0.1) is 0 Å². The van der Waals surface area contributed by atoms with Crippen molar-refractivity contribution in [1.29, 1.82) is 0 Å². The van der Waals surface area contributed by atoms with Crippen LogP contribution < -0.4 is 5.32 Å². The molecule has 1 aliphatic heterocycles. The van der Waals surface area contributed by atoms with E-state index < -0.39 is 0 Å². The average molecular weight is 287 g/mol. The molecule has 1 aromatic heterocycles. The number of ether oxygens (including phenoxy) is 1. The van der Waals surface area contributed by atoms with Gasteiger partial charge in [0.1, 0.15) is 0 Å². The third-order valence-corrected chi connectivity index (χ3v) is 3.83. The van der Waals surface area contributed by atoms with Crippen LogP contribution in [0.2, 0.25) is 0 Å². The van der Waals surface area contributed by atoms with Crippen LogP contribution in [0.15, 0.2) is 36.5 Å². The van der Waals surface area contributed by atoms with Gasteiger partial charge in [-0.3, -0.25) is 0 Å². The molecule has 2 aromatic rings. The maximum Gasteiger partial charge on any atom is 0.317 e. The zero-order valence-electron chi connectivity index (χ0n) is 12.1. The summed E-state index contributed by atoms with van der Waals surface area (Å²) in [4.78, 5) is 13.7. The van der Waals surface area contributed by atoms with Crippen molar-refractivity contribution in [3.8, 4) is 0 Å². The number of aromatic nitrogens is 1. The highest BCUT2D eigenvalue weighted by molar-refractivity contribution is 5.79. The Balaban J connectivity index is 1.44. The molecule has 2 amide bonds. The molecular weight excluding hydrogens is 266 g/mol. The largest absolute Gasteiger partial charge is 0.378 e. The van der Waals surface area contributed by atoms with Gasteiger partial charge in [0, 0.05) is 37.9 Å². The Morgan fingerprint density at radius 2 is 2.00 bits per heavy atom. The summed E-state index contributed by atoms with van der Waals surface area (Å²) in [6, 6.07) is 10.5. The molecule has 112 valence electrons. The number of benzene rings is 1. The lowest BCUT2D eigenvalue weighted by molar-refractivity contribution is 0.0532. The highest BCUT2D eigenvalue weighted by Gasteiger charge is 2.15. The van der Waals surface area contributed by atoms with E-state index in [-0.39, 0.29) is 6.03 Å². The summed E-state index contributed by atoms with van der Waals surface area (Å²) in [6.07, 6.45) is 3.03. The number of carbonyl (C=O) groups is 1. The summed E-state index contributed by atoms with van der Waals surface area (Å²) in [5.74, 6) is 0. The molecule has 3 rings (SSSR count). The Hall–Kier alpha value is -2.01. The van der Waals surface area contributed by atoms with Gasteiger partial charge in [-0.05, 0) is 23.9 Å². The molecule has 1 aliphatic rings. The van der Waals surface area contributed by atoms with Gasteiger partial charge < -0.3 is 19.5 Å². The van der Waals surface area contributed by atoms with Crippen molar-refractivity contribution >= 4 is 16.9 Å². The van der Waals surface area contributed by atoms with E-state index in [0.29, 0.717) is 32.8 Å². The lowest BCUT2D eigenvalue weighted by atomic mass is 10.2. The zero-order valence-corrected chi connectivity index (χ0v) is 12.1. The highest BCUT2D eigenvalue weighted by atomic mass is 16.5. The summed E-state index contributed by atoms with van der Waals surface area (Å²) < 4.78 is 7.47. The Morgan fingerprint density at radius 1 is 1.19 bits per heavy atom. The van der Waals surface area contributed by atoms with Crippen LogP contribution in [-0.2, 0) is 11.3 Å². The number of morpholine rings is 1. The van der Waals surface area contributed by atoms with Gasteiger partial charge in [-0.15, -0.1) is 0 Å². The second-order valence-corrected chi connectivity index (χ2v) is 5.25. The van der Waals surface area contributed by atoms with E-state index in [1.54, 1.807) is 0 Å². The van der Waals surface area contributed by atoms with Crippen LogP contribution in [0.3, 0.4) is 0 Å². The van der Waals surface area contributed by atoms with Gasteiger partial charge >= 0.3 is 6.03 Å². The van der Waals surface area contributed by atoms with E-state index in [9.17, 15) is 4.79 Å². The number of hydrogen-bond donors (Lipinski definition) is 1. The molecule has 21 heavy (non-hydrogen) atoms. The first-order valence-corrected chi connectivity index (χ1v) is 7.49. The molecule has 0 radical (unpaired) electrons. The number of urea groups is 1. The minimum Gasteiger partial charge on any atom is -0.378 e. The van der Waals surface area contributed by atoms with E-state index >= 15 is 0 Å². The van der Waals surface area contributed by atoms with Crippen molar-refractivity contribution in [2.75, 3.05) is 32.8 Å². The van der Waals surface area contributed by atoms with Crippen LogP contribution in [-0.4, -0.2) is 48.3 Å². The number of amides is 2. The minimum atomic E-state index is 0.0238. The Bertz CT molecular complexity index is 602. The first-order chi connectivity index (χ1) is 10.3. The molecule has 1 aromatic carbocycles. The molecule has 5 nitrogen and oxygen atoms in total. The fraction of sp³-hybridized carbons (Fsp3) is 0.438. The maximum atomic E-state index is 11.9. The summed E-state index contributed by atoms with van der Waals surface area (Å²) in [5.41, 5.74) is 1.25. The Kier molecular flexibility index (Phi) is 4.40. The second kappa shape index (κ2) is 6.63. The second-order valence-electron chi connectivity index (χ2n) is 5.25. The lowest BCUT2D eigenvalue weighted by Gasteiger charge is -2.26. The molecule has 2 heterocycles. The Labute approximate surface area is 124 Å². The van der Waals surface area contributed by atoms with E-state index in [2.05, 4.69) is 46.4 Å². The average Bonchev–Trinajstić information content (AvgIpc) is 2.95. The first kappa shape index (κ1) is 13.9. The molecule has 0 unspecified atom stereocenters. The van der Waals surface area contributed by atoms with Crippen molar-refractivity contribution in [3.05, 3.63) is 36.5 Å². The molecule has 0 spiro atoms. The third-order valence-electron chi connectivity index (χ3n) is 3.83. The topological polar surface area (TPSA) is 46.5 Å². The fourth-order valence-electron chi connectivity index (χ4n) is 2.66. The van der Waals surface area contributed by atoms with Crippen LogP contribution in [0.4, 0.5) is 4.79 Å². The molecule has 0 bridgehead atoms. The molecule has 0 saturated carbocycles. The zero-order chi connectivity index (χ0) is 14.5. The van der Waals surface area contributed by atoms with Gasteiger partial charge in [0.25, 0.3) is 0 Å². The number of para-hydroxylation sites is 1. The number of fused-ring (bicyclic) bond motifs is 1. The van der Waals surface area contributed by atoms with Crippen molar-refractivity contribution in [3.63, 3.8) is 0 Å². The summed E-state index contributed by atoms with van der Waals surface area (Å²) in [6.45, 7) is 4.27. The Morgan fingerprint density at radius 3 is 2.86 bits per heavy atom. The molecule has 1 saturated heterocycles. The van der Waals surface area contributed by atoms with E-state index in [0.717, 1.165) is 13.0 Å².